The first-order valence-electron chi connectivity index (χ1n) is 11.2. The fourth-order valence-electron chi connectivity index (χ4n) is 3.67. The van der Waals surface area contributed by atoms with Gasteiger partial charge in [0.25, 0.3) is 0 Å². The van der Waals surface area contributed by atoms with Crippen molar-refractivity contribution in [3.8, 4) is 17.1 Å². The Labute approximate surface area is 188 Å². The van der Waals surface area contributed by atoms with Gasteiger partial charge in [0.2, 0.25) is 11.7 Å². The summed E-state index contributed by atoms with van der Waals surface area (Å²) in [6.07, 6.45) is 6.04. The Balaban J connectivity index is 1.18. The number of rotatable bonds is 10. The number of pyridine rings is 1. The van der Waals surface area contributed by atoms with E-state index in [0.717, 1.165) is 55.9 Å². The number of amides is 2. The van der Waals surface area contributed by atoms with E-state index in [1.807, 2.05) is 53.1 Å². The fourth-order valence-corrected chi connectivity index (χ4v) is 3.67. The summed E-state index contributed by atoms with van der Waals surface area (Å²) in [5, 5.41) is 3.99. The molecule has 8 heteroatoms. The number of carbonyl (C=O) groups is 1. The van der Waals surface area contributed by atoms with Crippen LogP contribution >= 0.6 is 0 Å². The maximum atomic E-state index is 12.7. The van der Waals surface area contributed by atoms with Crippen LogP contribution in [0, 0.1) is 5.92 Å². The maximum Gasteiger partial charge on any atom is 0.324 e. The van der Waals surface area contributed by atoms with Gasteiger partial charge in [-0.25, -0.2) is 4.79 Å². The number of nitrogens with zero attached hydrogens (tertiary/aromatic N) is 5. The van der Waals surface area contributed by atoms with Crippen molar-refractivity contribution in [3.63, 3.8) is 0 Å². The number of ether oxygens (including phenoxy) is 1. The lowest BCUT2D eigenvalue weighted by Crippen LogP contribution is -2.33. The molecule has 0 aliphatic carbocycles. The van der Waals surface area contributed by atoms with Crippen molar-refractivity contribution in [1.82, 2.24) is 20.0 Å². The van der Waals surface area contributed by atoms with Crippen molar-refractivity contribution < 1.29 is 14.1 Å². The van der Waals surface area contributed by atoms with E-state index in [2.05, 4.69) is 22.0 Å². The molecule has 1 saturated heterocycles. The summed E-state index contributed by atoms with van der Waals surface area (Å²) in [4.78, 5) is 24.8. The van der Waals surface area contributed by atoms with Crippen molar-refractivity contribution >= 4 is 11.7 Å². The molecule has 1 aliphatic rings. The van der Waals surface area contributed by atoms with Crippen LogP contribution in [-0.2, 0) is 6.42 Å². The molecule has 0 bridgehead atoms. The number of aryl methyl sites for hydroxylation is 1. The van der Waals surface area contributed by atoms with Crippen LogP contribution in [0.5, 0.6) is 5.75 Å². The number of carbonyl (C=O) groups excluding carboxylic acids is 1. The number of hydrogen-bond acceptors (Lipinski definition) is 6. The van der Waals surface area contributed by atoms with Gasteiger partial charge < -0.3 is 14.2 Å². The molecule has 2 amide bonds. The van der Waals surface area contributed by atoms with Crippen LogP contribution in [0.3, 0.4) is 0 Å². The van der Waals surface area contributed by atoms with Crippen LogP contribution in [0.2, 0.25) is 0 Å². The highest BCUT2D eigenvalue weighted by molar-refractivity contribution is 5.93. The zero-order valence-electron chi connectivity index (χ0n) is 18.6. The highest BCUT2D eigenvalue weighted by Gasteiger charge is 2.29. The maximum absolute atomic E-state index is 12.7. The van der Waals surface area contributed by atoms with Crippen molar-refractivity contribution in [2.75, 3.05) is 31.1 Å². The monoisotopic (exact) mass is 435 g/mol. The van der Waals surface area contributed by atoms with Crippen LogP contribution < -0.4 is 9.64 Å². The van der Waals surface area contributed by atoms with Gasteiger partial charge in [0.05, 0.1) is 6.61 Å². The molecule has 0 spiro atoms. The van der Waals surface area contributed by atoms with E-state index in [-0.39, 0.29) is 6.03 Å². The predicted octanol–water partition coefficient (Wildman–Crippen LogP) is 4.43. The molecule has 3 heterocycles. The topological polar surface area (TPSA) is 84.6 Å². The zero-order valence-corrected chi connectivity index (χ0v) is 18.6. The van der Waals surface area contributed by atoms with E-state index >= 15 is 0 Å². The summed E-state index contributed by atoms with van der Waals surface area (Å²) in [6.45, 7) is 7.07. The van der Waals surface area contributed by atoms with E-state index in [1.54, 1.807) is 12.4 Å². The first-order chi connectivity index (χ1) is 15.6. The predicted molar refractivity (Wildman–Crippen MR) is 122 cm³/mol. The van der Waals surface area contributed by atoms with E-state index in [9.17, 15) is 4.79 Å². The van der Waals surface area contributed by atoms with Gasteiger partial charge in [-0.2, -0.15) is 4.98 Å². The van der Waals surface area contributed by atoms with Gasteiger partial charge in [-0.05, 0) is 55.2 Å². The lowest BCUT2D eigenvalue weighted by atomic mass is 10.0. The Morgan fingerprint density at radius 2 is 1.88 bits per heavy atom. The Hall–Kier alpha value is -3.42. The highest BCUT2D eigenvalue weighted by atomic mass is 16.5. The third-order valence-corrected chi connectivity index (χ3v) is 5.72. The highest BCUT2D eigenvalue weighted by Crippen LogP contribution is 2.22. The zero-order chi connectivity index (χ0) is 22.3. The summed E-state index contributed by atoms with van der Waals surface area (Å²) >= 11 is 0. The Morgan fingerprint density at radius 1 is 1.09 bits per heavy atom. The number of benzene rings is 1. The summed E-state index contributed by atoms with van der Waals surface area (Å²) in [7, 11) is 0. The van der Waals surface area contributed by atoms with Gasteiger partial charge in [0.1, 0.15) is 5.75 Å². The van der Waals surface area contributed by atoms with Crippen LogP contribution in [0.1, 0.15) is 32.6 Å². The van der Waals surface area contributed by atoms with Crippen LogP contribution in [0.15, 0.2) is 53.3 Å². The van der Waals surface area contributed by atoms with Gasteiger partial charge in [-0.3, -0.25) is 9.88 Å². The first kappa shape index (κ1) is 21.8. The summed E-state index contributed by atoms with van der Waals surface area (Å²) in [5.74, 6) is 2.52. The van der Waals surface area contributed by atoms with Crippen LogP contribution in [0.4, 0.5) is 10.5 Å². The number of urea groups is 1. The second-order valence-corrected chi connectivity index (χ2v) is 8.05. The summed E-state index contributed by atoms with van der Waals surface area (Å²) in [6, 6.07) is 11.6. The molecule has 4 rings (SSSR count). The molecule has 0 radical (unpaired) electrons. The average Bonchev–Trinajstić information content (AvgIpc) is 3.45. The molecule has 1 atom stereocenters. The third-order valence-electron chi connectivity index (χ3n) is 5.72. The largest absolute Gasteiger partial charge is 0.494 e. The van der Waals surface area contributed by atoms with Gasteiger partial charge in [-0.15, -0.1) is 0 Å². The molecule has 0 unspecified atom stereocenters. The molecule has 1 aliphatic heterocycles. The third kappa shape index (κ3) is 5.25. The minimum absolute atomic E-state index is 0.0763. The molecule has 8 nitrogen and oxygen atoms in total. The van der Waals surface area contributed by atoms with Crippen LogP contribution in [0.25, 0.3) is 11.4 Å². The van der Waals surface area contributed by atoms with Gasteiger partial charge in [0, 0.05) is 49.7 Å². The Bertz CT molecular complexity index is 1010. The van der Waals surface area contributed by atoms with Crippen LogP contribution in [-0.4, -0.2) is 52.3 Å². The Morgan fingerprint density at radius 3 is 2.59 bits per heavy atom. The van der Waals surface area contributed by atoms with Crippen molar-refractivity contribution in [1.29, 1.82) is 0 Å². The Kier molecular flexibility index (Phi) is 6.99. The van der Waals surface area contributed by atoms with E-state index in [1.165, 1.54) is 0 Å². The molecule has 168 valence electrons. The normalized spacial score (nSPS) is 14.8. The van der Waals surface area contributed by atoms with Crippen molar-refractivity contribution in [2.45, 2.75) is 33.1 Å². The average molecular weight is 436 g/mol. The van der Waals surface area contributed by atoms with E-state index in [4.69, 9.17) is 9.26 Å². The second kappa shape index (κ2) is 10.3. The quantitative estimate of drug-likeness (QED) is 0.468. The summed E-state index contributed by atoms with van der Waals surface area (Å²) < 4.78 is 11.1. The molecular weight excluding hydrogens is 406 g/mol. The minimum Gasteiger partial charge on any atom is -0.494 e. The fraction of sp³-hybridized carbons (Fsp3) is 0.417. The first-order valence-corrected chi connectivity index (χ1v) is 11.2. The van der Waals surface area contributed by atoms with Gasteiger partial charge in [-0.1, -0.05) is 19.0 Å². The molecule has 2 aromatic heterocycles. The molecular formula is C24H29N5O3. The van der Waals surface area contributed by atoms with E-state index < -0.39 is 0 Å². The van der Waals surface area contributed by atoms with E-state index in [0.29, 0.717) is 24.2 Å². The molecule has 1 aromatic carbocycles. The number of anilines is 1. The molecule has 32 heavy (non-hydrogen) atoms. The lowest BCUT2D eigenvalue weighted by Gasteiger charge is -2.20. The van der Waals surface area contributed by atoms with Gasteiger partial charge in [0.15, 0.2) is 0 Å². The summed E-state index contributed by atoms with van der Waals surface area (Å²) in [5.41, 5.74) is 1.82. The van der Waals surface area contributed by atoms with Crippen molar-refractivity contribution in [2.24, 2.45) is 5.92 Å². The van der Waals surface area contributed by atoms with Gasteiger partial charge >= 0.3 is 6.03 Å². The second-order valence-electron chi connectivity index (χ2n) is 8.05. The minimum atomic E-state index is 0.0763. The number of aromatic nitrogens is 3. The smallest absolute Gasteiger partial charge is 0.324 e. The molecule has 3 aromatic rings. The lowest BCUT2D eigenvalue weighted by molar-refractivity contribution is 0.214. The number of hydrogen-bond donors (Lipinski definition) is 0. The SMILES string of the molecule is CCc1nc(-c2ccc(OCC[C@@H](C)CCN3CCN(c4ccncc4)C3=O)cc2)no1. The molecule has 0 saturated carbocycles. The van der Waals surface area contributed by atoms with Crippen molar-refractivity contribution in [3.05, 3.63) is 54.7 Å². The standard InChI is InChI=1S/C24H29N5O3/c1-3-22-26-23(27-32-22)19-4-6-21(7-5-19)31-17-11-18(2)10-14-28-15-16-29(24(28)30)20-8-12-25-13-9-20/h4-9,12-13,18H,3,10-11,14-17H2,1-2H3/t18-/m0/s1. The molecule has 0 N–H and O–H groups in total. The molecule has 1 fully saturated rings.